The molecule has 2 saturated heterocycles. The molecule has 0 bridgehead atoms. The Balaban J connectivity index is 1.63. The molecule has 4 heteroatoms. The van der Waals surface area contributed by atoms with Crippen LogP contribution in [0, 0.1) is 0 Å². The number of nitrogens with one attached hydrogen (secondary N) is 1. The first-order chi connectivity index (χ1) is 9.81. The Bertz CT molecular complexity index is 401. The summed E-state index contributed by atoms with van der Waals surface area (Å²) < 4.78 is 11.6. The number of thiophene rings is 1. The van der Waals surface area contributed by atoms with E-state index in [0.29, 0.717) is 12.1 Å². The number of rotatable bonds is 5. The van der Waals surface area contributed by atoms with E-state index in [4.69, 9.17) is 9.47 Å². The Kier molecular flexibility index (Phi) is 4.76. The molecule has 112 valence electrons. The van der Waals surface area contributed by atoms with E-state index in [9.17, 15) is 0 Å². The van der Waals surface area contributed by atoms with Crippen molar-refractivity contribution >= 4 is 11.3 Å². The lowest BCUT2D eigenvalue weighted by atomic mass is 9.89. The maximum absolute atomic E-state index is 6.03. The maximum atomic E-state index is 6.03. The molecule has 0 saturated carbocycles. The van der Waals surface area contributed by atoms with Gasteiger partial charge >= 0.3 is 0 Å². The molecule has 1 spiro atoms. The van der Waals surface area contributed by atoms with E-state index in [0.717, 1.165) is 39.1 Å². The molecule has 2 fully saturated rings. The topological polar surface area (TPSA) is 30.5 Å². The summed E-state index contributed by atoms with van der Waals surface area (Å²) in [5.41, 5.74) is 0.00211. The van der Waals surface area contributed by atoms with E-state index in [1.807, 2.05) is 11.3 Å². The Labute approximate surface area is 125 Å². The molecule has 3 unspecified atom stereocenters. The zero-order valence-electron chi connectivity index (χ0n) is 12.3. The second-order valence-corrected chi connectivity index (χ2v) is 7.03. The highest BCUT2D eigenvalue weighted by Gasteiger charge is 2.41. The lowest BCUT2D eigenvalue weighted by Gasteiger charge is -2.39. The van der Waals surface area contributed by atoms with Gasteiger partial charge in [0.1, 0.15) is 0 Å². The largest absolute Gasteiger partial charge is 0.378 e. The molecule has 3 nitrogen and oxygen atoms in total. The van der Waals surface area contributed by atoms with Crippen molar-refractivity contribution in [3.63, 3.8) is 0 Å². The van der Waals surface area contributed by atoms with Crippen LogP contribution < -0.4 is 5.32 Å². The van der Waals surface area contributed by atoms with Crippen LogP contribution in [0.3, 0.4) is 0 Å². The van der Waals surface area contributed by atoms with Gasteiger partial charge in [0, 0.05) is 36.6 Å². The van der Waals surface area contributed by atoms with Gasteiger partial charge in [0.2, 0.25) is 0 Å². The van der Waals surface area contributed by atoms with Crippen LogP contribution >= 0.6 is 11.3 Å². The first-order valence-electron chi connectivity index (χ1n) is 7.82. The predicted octanol–water partition coefficient (Wildman–Crippen LogP) is 3.52. The second kappa shape index (κ2) is 6.56. The van der Waals surface area contributed by atoms with Gasteiger partial charge in [-0.2, -0.15) is 0 Å². The third-order valence-electron chi connectivity index (χ3n) is 4.46. The number of ether oxygens (including phenoxy) is 2. The average molecular weight is 295 g/mol. The van der Waals surface area contributed by atoms with Crippen LogP contribution in [0.5, 0.6) is 0 Å². The van der Waals surface area contributed by atoms with E-state index in [-0.39, 0.29) is 5.60 Å². The highest BCUT2D eigenvalue weighted by molar-refractivity contribution is 7.10. The van der Waals surface area contributed by atoms with Gasteiger partial charge in [-0.3, -0.25) is 0 Å². The third kappa shape index (κ3) is 3.25. The molecular formula is C16H25NO2S. The minimum Gasteiger partial charge on any atom is -0.378 e. The minimum absolute atomic E-state index is 0.00211. The monoisotopic (exact) mass is 295 g/mol. The summed E-state index contributed by atoms with van der Waals surface area (Å²) in [4.78, 5) is 1.47. The Hall–Kier alpha value is -0.420. The fourth-order valence-corrected chi connectivity index (χ4v) is 4.23. The van der Waals surface area contributed by atoms with E-state index >= 15 is 0 Å². The zero-order chi connectivity index (χ0) is 13.8. The van der Waals surface area contributed by atoms with Crippen molar-refractivity contribution in [2.45, 2.75) is 56.7 Å². The first kappa shape index (κ1) is 14.5. The SMILES string of the molecule is CCCC(NC1CCOC2(CCOC2)C1)c1cccs1. The summed E-state index contributed by atoms with van der Waals surface area (Å²) >= 11 is 1.86. The fourth-order valence-electron chi connectivity index (χ4n) is 3.40. The molecule has 20 heavy (non-hydrogen) atoms. The van der Waals surface area contributed by atoms with Crippen LogP contribution in [0.1, 0.15) is 49.9 Å². The molecule has 3 atom stereocenters. The number of hydrogen-bond donors (Lipinski definition) is 1. The third-order valence-corrected chi connectivity index (χ3v) is 5.45. The second-order valence-electron chi connectivity index (χ2n) is 6.05. The molecule has 1 N–H and O–H groups in total. The van der Waals surface area contributed by atoms with Crippen molar-refractivity contribution in [2.24, 2.45) is 0 Å². The fraction of sp³-hybridized carbons (Fsp3) is 0.750. The van der Waals surface area contributed by atoms with Crippen LogP contribution in [0.4, 0.5) is 0 Å². The van der Waals surface area contributed by atoms with Crippen LogP contribution in [0.15, 0.2) is 17.5 Å². The van der Waals surface area contributed by atoms with E-state index < -0.39 is 0 Å². The van der Waals surface area contributed by atoms with Crippen LogP contribution in [0.25, 0.3) is 0 Å². The predicted molar refractivity (Wildman–Crippen MR) is 82.2 cm³/mol. The van der Waals surface area contributed by atoms with Crippen molar-refractivity contribution < 1.29 is 9.47 Å². The van der Waals surface area contributed by atoms with Gasteiger partial charge in [-0.1, -0.05) is 19.4 Å². The van der Waals surface area contributed by atoms with Gasteiger partial charge in [-0.25, -0.2) is 0 Å². The molecule has 2 aliphatic rings. The Morgan fingerprint density at radius 2 is 2.45 bits per heavy atom. The summed E-state index contributed by atoms with van der Waals surface area (Å²) in [6.07, 6.45) is 5.70. The molecule has 0 aliphatic carbocycles. The van der Waals surface area contributed by atoms with E-state index in [1.54, 1.807) is 0 Å². The molecule has 1 aromatic rings. The smallest absolute Gasteiger partial charge is 0.0951 e. The number of hydrogen-bond acceptors (Lipinski definition) is 4. The molecular weight excluding hydrogens is 270 g/mol. The lowest BCUT2D eigenvalue weighted by molar-refractivity contribution is -0.0904. The molecule has 0 radical (unpaired) electrons. The highest BCUT2D eigenvalue weighted by Crippen LogP contribution is 2.34. The lowest BCUT2D eigenvalue weighted by Crippen LogP contribution is -2.48. The molecule has 0 aromatic carbocycles. The van der Waals surface area contributed by atoms with Crippen molar-refractivity contribution in [2.75, 3.05) is 19.8 Å². The Morgan fingerprint density at radius 3 is 3.15 bits per heavy atom. The summed E-state index contributed by atoms with van der Waals surface area (Å²) in [5.74, 6) is 0. The van der Waals surface area contributed by atoms with Crippen molar-refractivity contribution in [1.82, 2.24) is 5.32 Å². The van der Waals surface area contributed by atoms with Crippen molar-refractivity contribution in [3.05, 3.63) is 22.4 Å². The summed E-state index contributed by atoms with van der Waals surface area (Å²) in [5, 5.41) is 6.06. The summed E-state index contributed by atoms with van der Waals surface area (Å²) in [6, 6.07) is 5.47. The van der Waals surface area contributed by atoms with E-state index in [1.165, 1.54) is 17.7 Å². The van der Waals surface area contributed by atoms with Crippen LogP contribution in [-0.2, 0) is 9.47 Å². The van der Waals surface area contributed by atoms with Gasteiger partial charge in [-0.15, -0.1) is 11.3 Å². The van der Waals surface area contributed by atoms with Gasteiger partial charge in [0.15, 0.2) is 0 Å². The molecule has 2 aliphatic heterocycles. The van der Waals surface area contributed by atoms with Gasteiger partial charge in [0.05, 0.1) is 12.2 Å². The molecule has 1 aromatic heterocycles. The normalized spacial score (nSPS) is 31.8. The van der Waals surface area contributed by atoms with Crippen LogP contribution in [0.2, 0.25) is 0 Å². The zero-order valence-corrected chi connectivity index (χ0v) is 13.1. The Morgan fingerprint density at radius 1 is 1.50 bits per heavy atom. The highest BCUT2D eigenvalue weighted by atomic mass is 32.1. The van der Waals surface area contributed by atoms with E-state index in [2.05, 4.69) is 29.8 Å². The average Bonchev–Trinajstić information content (AvgIpc) is 3.11. The standard InChI is InChI=1S/C16H25NO2S/c1-2-4-14(15-5-3-10-20-15)17-13-6-8-19-16(11-13)7-9-18-12-16/h3,5,10,13-14,17H,2,4,6-9,11-12H2,1H3. The van der Waals surface area contributed by atoms with Gasteiger partial charge < -0.3 is 14.8 Å². The van der Waals surface area contributed by atoms with Crippen molar-refractivity contribution in [1.29, 1.82) is 0 Å². The molecule has 3 rings (SSSR count). The molecule has 0 amide bonds. The quantitative estimate of drug-likeness (QED) is 0.901. The molecule has 3 heterocycles. The summed E-state index contributed by atoms with van der Waals surface area (Å²) in [6.45, 7) is 4.77. The first-order valence-corrected chi connectivity index (χ1v) is 8.70. The summed E-state index contributed by atoms with van der Waals surface area (Å²) in [7, 11) is 0. The maximum Gasteiger partial charge on any atom is 0.0951 e. The van der Waals surface area contributed by atoms with Crippen LogP contribution in [-0.4, -0.2) is 31.5 Å². The van der Waals surface area contributed by atoms with Crippen molar-refractivity contribution in [3.8, 4) is 0 Å². The van der Waals surface area contributed by atoms with Gasteiger partial charge in [-0.05, 0) is 30.7 Å². The van der Waals surface area contributed by atoms with Gasteiger partial charge in [0.25, 0.3) is 0 Å². The minimum atomic E-state index is 0.00211.